The summed E-state index contributed by atoms with van der Waals surface area (Å²) in [5.41, 5.74) is 1.46. The van der Waals surface area contributed by atoms with Crippen LogP contribution in [0.5, 0.6) is 0 Å². The van der Waals surface area contributed by atoms with Crippen molar-refractivity contribution in [3.05, 3.63) is 53.5 Å². The van der Waals surface area contributed by atoms with Gasteiger partial charge in [0.15, 0.2) is 12.4 Å². The molecule has 0 bridgehead atoms. The highest BCUT2D eigenvalue weighted by atomic mass is 16.5. The van der Waals surface area contributed by atoms with Gasteiger partial charge in [-0.2, -0.15) is 0 Å². The molecule has 0 unspecified atom stereocenters. The molecule has 0 saturated carbocycles. The maximum absolute atomic E-state index is 12.2. The molecule has 2 heterocycles. The van der Waals surface area contributed by atoms with Crippen molar-refractivity contribution in [1.29, 1.82) is 0 Å². The van der Waals surface area contributed by atoms with Crippen molar-refractivity contribution in [2.45, 2.75) is 25.9 Å². The van der Waals surface area contributed by atoms with E-state index in [2.05, 4.69) is 10.6 Å². The van der Waals surface area contributed by atoms with Crippen LogP contribution in [-0.2, 0) is 14.3 Å². The minimum atomic E-state index is -0.652. The summed E-state index contributed by atoms with van der Waals surface area (Å²) < 4.78 is 15.5. The van der Waals surface area contributed by atoms with Gasteiger partial charge in [0.05, 0.1) is 17.9 Å². The lowest BCUT2D eigenvalue weighted by Gasteiger charge is -2.12. The summed E-state index contributed by atoms with van der Waals surface area (Å²) in [4.78, 5) is 36.2. The minimum Gasteiger partial charge on any atom is -0.459 e. The number of rotatable bonds is 7. The molecule has 28 heavy (non-hydrogen) atoms. The van der Waals surface area contributed by atoms with Gasteiger partial charge in [-0.15, -0.1) is 0 Å². The molecule has 1 fully saturated rings. The van der Waals surface area contributed by atoms with Gasteiger partial charge in [-0.05, 0) is 49.6 Å². The Bertz CT molecular complexity index is 840. The van der Waals surface area contributed by atoms with Crippen LogP contribution in [0.2, 0.25) is 0 Å². The van der Waals surface area contributed by atoms with Crippen LogP contribution in [0.3, 0.4) is 0 Å². The first-order chi connectivity index (χ1) is 13.5. The molecule has 148 valence electrons. The second kappa shape index (κ2) is 9.18. The standard InChI is InChI=1S/C20H22N2O6/c1-13-6-7-14(10-16(13)22-19(24)17-5-3-9-27-17)20(25)28-12-18(23)21-11-15-4-2-8-26-15/h3,5-7,9-10,15H,2,4,8,11-12H2,1H3,(H,21,23)(H,22,24)/t15-/m0/s1. The van der Waals surface area contributed by atoms with Crippen LogP contribution in [0.25, 0.3) is 0 Å². The maximum atomic E-state index is 12.2. The number of furan rings is 1. The molecule has 1 aliphatic heterocycles. The van der Waals surface area contributed by atoms with Crippen LogP contribution >= 0.6 is 0 Å². The summed E-state index contributed by atoms with van der Waals surface area (Å²) >= 11 is 0. The Morgan fingerprint density at radius 1 is 1.25 bits per heavy atom. The minimum absolute atomic E-state index is 0.0251. The van der Waals surface area contributed by atoms with Gasteiger partial charge in [0.25, 0.3) is 11.8 Å². The van der Waals surface area contributed by atoms with E-state index < -0.39 is 11.9 Å². The van der Waals surface area contributed by atoms with E-state index in [1.54, 1.807) is 25.1 Å². The Labute approximate surface area is 162 Å². The third-order valence-electron chi connectivity index (χ3n) is 4.35. The molecule has 2 amide bonds. The predicted octanol–water partition coefficient (Wildman–Crippen LogP) is 2.29. The molecular formula is C20H22N2O6. The Morgan fingerprint density at radius 3 is 2.82 bits per heavy atom. The van der Waals surface area contributed by atoms with Gasteiger partial charge in [0.1, 0.15) is 0 Å². The molecule has 1 atom stereocenters. The van der Waals surface area contributed by atoms with E-state index in [1.165, 1.54) is 18.4 Å². The number of carbonyl (C=O) groups is 3. The summed E-state index contributed by atoms with van der Waals surface area (Å²) in [6.45, 7) is 2.53. The number of amides is 2. The van der Waals surface area contributed by atoms with Crippen molar-refractivity contribution in [1.82, 2.24) is 5.32 Å². The van der Waals surface area contributed by atoms with Crippen LogP contribution in [0.1, 0.15) is 39.3 Å². The molecule has 2 aromatic rings. The first-order valence-electron chi connectivity index (χ1n) is 9.04. The molecule has 1 aromatic carbocycles. The van der Waals surface area contributed by atoms with Gasteiger partial charge in [-0.25, -0.2) is 4.79 Å². The van der Waals surface area contributed by atoms with Gasteiger partial charge in [-0.3, -0.25) is 9.59 Å². The average molecular weight is 386 g/mol. The van der Waals surface area contributed by atoms with E-state index >= 15 is 0 Å². The van der Waals surface area contributed by atoms with Crippen molar-refractivity contribution in [2.24, 2.45) is 0 Å². The Morgan fingerprint density at radius 2 is 2.11 bits per heavy atom. The second-order valence-corrected chi connectivity index (χ2v) is 6.48. The van der Waals surface area contributed by atoms with Gasteiger partial charge >= 0.3 is 5.97 Å². The normalized spacial score (nSPS) is 15.8. The smallest absolute Gasteiger partial charge is 0.338 e. The number of ether oxygens (including phenoxy) is 2. The number of esters is 1. The molecule has 1 aromatic heterocycles. The zero-order chi connectivity index (χ0) is 19.9. The number of nitrogens with one attached hydrogen (secondary N) is 2. The first kappa shape index (κ1) is 19.6. The van der Waals surface area contributed by atoms with Crippen molar-refractivity contribution in [2.75, 3.05) is 25.1 Å². The first-order valence-corrected chi connectivity index (χ1v) is 9.04. The van der Waals surface area contributed by atoms with Gasteiger partial charge in [0.2, 0.25) is 0 Å². The van der Waals surface area contributed by atoms with Gasteiger partial charge < -0.3 is 24.5 Å². The van der Waals surface area contributed by atoms with E-state index in [-0.39, 0.29) is 29.9 Å². The molecule has 3 rings (SSSR count). The van der Waals surface area contributed by atoms with Crippen LogP contribution in [0.4, 0.5) is 5.69 Å². The summed E-state index contributed by atoms with van der Waals surface area (Å²) in [5, 5.41) is 5.38. The fourth-order valence-corrected chi connectivity index (χ4v) is 2.77. The third-order valence-corrected chi connectivity index (χ3v) is 4.35. The molecule has 0 aliphatic carbocycles. The maximum Gasteiger partial charge on any atom is 0.338 e. The SMILES string of the molecule is Cc1ccc(C(=O)OCC(=O)NC[C@@H]2CCCO2)cc1NC(=O)c1ccco1. The van der Waals surface area contributed by atoms with E-state index in [0.29, 0.717) is 18.8 Å². The molecule has 0 radical (unpaired) electrons. The highest BCUT2D eigenvalue weighted by molar-refractivity contribution is 6.03. The van der Waals surface area contributed by atoms with Crippen LogP contribution in [0.15, 0.2) is 41.0 Å². The van der Waals surface area contributed by atoms with Gasteiger partial charge in [0, 0.05) is 18.8 Å². The van der Waals surface area contributed by atoms with Crippen LogP contribution in [0, 0.1) is 6.92 Å². The molecular weight excluding hydrogens is 364 g/mol. The van der Waals surface area contributed by atoms with Crippen molar-refractivity contribution in [3.8, 4) is 0 Å². The van der Waals surface area contributed by atoms with E-state index in [4.69, 9.17) is 13.9 Å². The second-order valence-electron chi connectivity index (χ2n) is 6.48. The third kappa shape index (κ3) is 5.20. The lowest BCUT2D eigenvalue weighted by atomic mass is 10.1. The van der Waals surface area contributed by atoms with E-state index in [0.717, 1.165) is 18.4 Å². The average Bonchev–Trinajstić information content (AvgIpc) is 3.40. The van der Waals surface area contributed by atoms with Crippen molar-refractivity contribution < 1.29 is 28.3 Å². The van der Waals surface area contributed by atoms with Gasteiger partial charge in [-0.1, -0.05) is 6.07 Å². The molecule has 0 spiro atoms. The zero-order valence-corrected chi connectivity index (χ0v) is 15.5. The lowest BCUT2D eigenvalue weighted by Crippen LogP contribution is -2.34. The van der Waals surface area contributed by atoms with E-state index in [9.17, 15) is 14.4 Å². The Kier molecular flexibility index (Phi) is 6.44. The van der Waals surface area contributed by atoms with Crippen molar-refractivity contribution >= 4 is 23.5 Å². The summed E-state index contributed by atoms with van der Waals surface area (Å²) in [6.07, 6.45) is 3.33. The quantitative estimate of drug-likeness (QED) is 0.707. The van der Waals surface area contributed by atoms with Crippen LogP contribution < -0.4 is 10.6 Å². The highest BCUT2D eigenvalue weighted by Crippen LogP contribution is 2.19. The fourth-order valence-electron chi connectivity index (χ4n) is 2.77. The number of hydrogen-bond acceptors (Lipinski definition) is 6. The Hall–Kier alpha value is -3.13. The lowest BCUT2D eigenvalue weighted by molar-refractivity contribution is -0.124. The topological polar surface area (TPSA) is 107 Å². The summed E-state index contributed by atoms with van der Waals surface area (Å²) in [7, 11) is 0. The fraction of sp³-hybridized carbons (Fsp3) is 0.350. The summed E-state index contributed by atoms with van der Waals surface area (Å²) in [5.74, 6) is -1.30. The molecule has 1 aliphatic rings. The largest absolute Gasteiger partial charge is 0.459 e. The Balaban J connectivity index is 1.53. The number of benzene rings is 1. The number of anilines is 1. The van der Waals surface area contributed by atoms with Crippen molar-refractivity contribution in [3.63, 3.8) is 0 Å². The molecule has 1 saturated heterocycles. The van der Waals surface area contributed by atoms with E-state index in [1.807, 2.05) is 0 Å². The number of hydrogen-bond donors (Lipinski definition) is 2. The molecule has 2 N–H and O–H groups in total. The number of aryl methyl sites for hydroxylation is 1. The predicted molar refractivity (Wildman–Crippen MR) is 100 cm³/mol. The molecule has 8 nitrogen and oxygen atoms in total. The number of carbonyl (C=O) groups excluding carboxylic acids is 3. The highest BCUT2D eigenvalue weighted by Gasteiger charge is 2.18. The zero-order valence-electron chi connectivity index (χ0n) is 15.5. The monoisotopic (exact) mass is 386 g/mol. The summed E-state index contributed by atoms with van der Waals surface area (Å²) in [6, 6.07) is 7.91. The van der Waals surface area contributed by atoms with Crippen LogP contribution in [-0.4, -0.2) is 43.6 Å². The molecule has 8 heteroatoms.